The molecule has 1 unspecified atom stereocenters. The number of benzene rings is 1. The molecule has 0 heterocycles. The molecule has 0 aliphatic carbocycles. The molecule has 0 radical (unpaired) electrons. The van der Waals surface area contributed by atoms with Crippen LogP contribution in [0.15, 0.2) is 24.3 Å². The van der Waals surface area contributed by atoms with Crippen molar-refractivity contribution in [2.24, 2.45) is 5.92 Å². The van der Waals surface area contributed by atoms with E-state index in [1.807, 2.05) is 6.07 Å². The molecule has 0 aromatic heterocycles. The van der Waals surface area contributed by atoms with Crippen LogP contribution in [0.25, 0.3) is 0 Å². The highest BCUT2D eigenvalue weighted by molar-refractivity contribution is 5.36. The maximum atomic E-state index is 5.88. The van der Waals surface area contributed by atoms with Crippen molar-refractivity contribution in [3.63, 3.8) is 0 Å². The van der Waals surface area contributed by atoms with Crippen molar-refractivity contribution in [1.29, 1.82) is 0 Å². The maximum Gasteiger partial charge on any atom is 0.124 e. The molecule has 114 valence electrons. The van der Waals surface area contributed by atoms with E-state index >= 15 is 0 Å². The number of ether oxygens (including phenoxy) is 2. The van der Waals surface area contributed by atoms with Crippen molar-refractivity contribution in [3.05, 3.63) is 29.8 Å². The Bertz CT molecular complexity index is 364. The van der Waals surface area contributed by atoms with E-state index in [2.05, 4.69) is 44.3 Å². The number of nitrogens with one attached hydrogen (secondary N) is 1. The molecule has 0 amide bonds. The molecule has 1 aromatic carbocycles. The van der Waals surface area contributed by atoms with Gasteiger partial charge in [0.15, 0.2) is 0 Å². The number of methoxy groups -OCH3 is 1. The molecule has 3 nitrogen and oxygen atoms in total. The fourth-order valence-electron chi connectivity index (χ4n) is 2.61. The van der Waals surface area contributed by atoms with Crippen LogP contribution in [0, 0.1) is 5.92 Å². The van der Waals surface area contributed by atoms with Gasteiger partial charge in [-0.2, -0.15) is 0 Å². The van der Waals surface area contributed by atoms with Crippen molar-refractivity contribution in [2.45, 2.75) is 39.7 Å². The highest BCUT2D eigenvalue weighted by atomic mass is 16.5. The predicted octanol–water partition coefficient (Wildman–Crippen LogP) is 3.80. The molecular weight excluding hydrogens is 250 g/mol. The fourth-order valence-corrected chi connectivity index (χ4v) is 2.61. The Balaban J connectivity index is 2.93. The van der Waals surface area contributed by atoms with E-state index in [0.717, 1.165) is 12.3 Å². The second-order valence-electron chi connectivity index (χ2n) is 4.99. The van der Waals surface area contributed by atoms with E-state index in [9.17, 15) is 0 Å². The maximum absolute atomic E-state index is 5.88. The molecule has 0 spiro atoms. The minimum Gasteiger partial charge on any atom is -0.491 e. The van der Waals surface area contributed by atoms with Gasteiger partial charge in [0.2, 0.25) is 0 Å². The van der Waals surface area contributed by atoms with Crippen molar-refractivity contribution >= 4 is 0 Å². The molecule has 1 rings (SSSR count). The Morgan fingerprint density at radius 1 is 1.05 bits per heavy atom. The number of hydrogen-bond acceptors (Lipinski definition) is 3. The zero-order chi connectivity index (χ0) is 14.8. The van der Waals surface area contributed by atoms with Gasteiger partial charge in [0, 0.05) is 18.7 Å². The smallest absolute Gasteiger partial charge is 0.124 e. The first kappa shape index (κ1) is 17.0. The summed E-state index contributed by atoms with van der Waals surface area (Å²) in [5.41, 5.74) is 1.26. The Kier molecular flexibility index (Phi) is 8.31. The molecule has 0 saturated heterocycles. The largest absolute Gasteiger partial charge is 0.491 e. The highest BCUT2D eigenvalue weighted by Gasteiger charge is 2.22. The summed E-state index contributed by atoms with van der Waals surface area (Å²) in [6.07, 6.45) is 2.33. The lowest BCUT2D eigenvalue weighted by Crippen LogP contribution is -2.28. The van der Waals surface area contributed by atoms with E-state index in [1.54, 1.807) is 7.11 Å². The van der Waals surface area contributed by atoms with Crippen LogP contribution in [0.5, 0.6) is 5.75 Å². The van der Waals surface area contributed by atoms with Gasteiger partial charge in [0.1, 0.15) is 12.4 Å². The number of hydrogen-bond donors (Lipinski definition) is 1. The van der Waals surface area contributed by atoms with Crippen molar-refractivity contribution < 1.29 is 9.47 Å². The van der Waals surface area contributed by atoms with E-state index in [0.29, 0.717) is 25.2 Å². The molecule has 1 aromatic rings. The van der Waals surface area contributed by atoms with Crippen LogP contribution in [0.2, 0.25) is 0 Å². The summed E-state index contributed by atoms with van der Waals surface area (Å²) in [6.45, 7) is 8.84. The first-order valence-electron chi connectivity index (χ1n) is 7.72. The standard InChI is InChI=1S/C17H29NO2/c1-5-14(6-2)17(18-7-3)15-10-8-9-11-16(15)20-13-12-19-4/h8-11,14,17-18H,5-7,12-13H2,1-4H3. The van der Waals surface area contributed by atoms with E-state index in [-0.39, 0.29) is 0 Å². The summed E-state index contributed by atoms with van der Waals surface area (Å²) < 4.78 is 10.9. The van der Waals surface area contributed by atoms with Crippen LogP contribution < -0.4 is 10.1 Å². The van der Waals surface area contributed by atoms with Gasteiger partial charge in [-0.25, -0.2) is 0 Å². The number of rotatable bonds is 10. The molecule has 3 heteroatoms. The summed E-state index contributed by atoms with van der Waals surface area (Å²) >= 11 is 0. The molecule has 1 atom stereocenters. The topological polar surface area (TPSA) is 30.5 Å². The van der Waals surface area contributed by atoms with Crippen LogP contribution in [0.4, 0.5) is 0 Å². The zero-order valence-electron chi connectivity index (χ0n) is 13.3. The zero-order valence-corrected chi connectivity index (χ0v) is 13.3. The van der Waals surface area contributed by atoms with Crippen molar-refractivity contribution in [1.82, 2.24) is 5.32 Å². The van der Waals surface area contributed by atoms with E-state index in [1.165, 1.54) is 18.4 Å². The second-order valence-corrected chi connectivity index (χ2v) is 4.99. The average Bonchev–Trinajstić information content (AvgIpc) is 2.48. The van der Waals surface area contributed by atoms with Gasteiger partial charge in [-0.05, 0) is 18.5 Å². The molecule has 0 bridgehead atoms. The lowest BCUT2D eigenvalue weighted by Gasteiger charge is -2.28. The van der Waals surface area contributed by atoms with Gasteiger partial charge < -0.3 is 14.8 Å². The summed E-state index contributed by atoms with van der Waals surface area (Å²) in [5.74, 6) is 1.60. The lowest BCUT2D eigenvalue weighted by atomic mass is 9.88. The van der Waals surface area contributed by atoms with Crippen LogP contribution in [0.3, 0.4) is 0 Å². The second kappa shape index (κ2) is 9.78. The van der Waals surface area contributed by atoms with Gasteiger partial charge in [-0.15, -0.1) is 0 Å². The average molecular weight is 279 g/mol. The Labute approximate surface area is 123 Å². The first-order valence-corrected chi connectivity index (χ1v) is 7.72. The first-order chi connectivity index (χ1) is 9.78. The van der Waals surface area contributed by atoms with Gasteiger partial charge in [-0.1, -0.05) is 51.8 Å². The third-order valence-electron chi connectivity index (χ3n) is 3.74. The molecule has 0 fully saturated rings. The van der Waals surface area contributed by atoms with Gasteiger partial charge >= 0.3 is 0 Å². The highest BCUT2D eigenvalue weighted by Crippen LogP contribution is 2.33. The molecule has 1 N–H and O–H groups in total. The molecule has 0 aliphatic heterocycles. The van der Waals surface area contributed by atoms with E-state index in [4.69, 9.17) is 9.47 Å². The third-order valence-corrected chi connectivity index (χ3v) is 3.74. The quantitative estimate of drug-likeness (QED) is 0.661. The normalized spacial score (nSPS) is 12.7. The molecule has 20 heavy (non-hydrogen) atoms. The minimum absolute atomic E-state index is 0.355. The van der Waals surface area contributed by atoms with Crippen molar-refractivity contribution in [3.8, 4) is 5.75 Å². The summed E-state index contributed by atoms with van der Waals surface area (Å²) in [4.78, 5) is 0. The van der Waals surface area contributed by atoms with Crippen LogP contribution >= 0.6 is 0 Å². The third kappa shape index (κ3) is 4.80. The summed E-state index contributed by atoms with van der Waals surface area (Å²) in [7, 11) is 1.70. The SMILES string of the molecule is CCNC(c1ccccc1OCCOC)C(CC)CC. The Morgan fingerprint density at radius 2 is 1.75 bits per heavy atom. The Morgan fingerprint density at radius 3 is 2.35 bits per heavy atom. The lowest BCUT2D eigenvalue weighted by molar-refractivity contribution is 0.145. The minimum atomic E-state index is 0.355. The van der Waals surface area contributed by atoms with Crippen LogP contribution in [-0.4, -0.2) is 26.9 Å². The van der Waals surface area contributed by atoms with Crippen LogP contribution in [0.1, 0.15) is 45.2 Å². The predicted molar refractivity (Wildman–Crippen MR) is 84.3 cm³/mol. The molecule has 0 aliphatic rings. The molecule has 0 saturated carbocycles. The van der Waals surface area contributed by atoms with Gasteiger partial charge in [0.25, 0.3) is 0 Å². The van der Waals surface area contributed by atoms with E-state index < -0.39 is 0 Å². The van der Waals surface area contributed by atoms with Crippen molar-refractivity contribution in [2.75, 3.05) is 26.9 Å². The molecular formula is C17H29NO2. The van der Waals surface area contributed by atoms with Gasteiger partial charge in [0.05, 0.1) is 6.61 Å². The summed E-state index contributed by atoms with van der Waals surface area (Å²) in [6, 6.07) is 8.70. The Hall–Kier alpha value is -1.06. The monoisotopic (exact) mass is 279 g/mol. The van der Waals surface area contributed by atoms with Crippen LogP contribution in [-0.2, 0) is 4.74 Å². The van der Waals surface area contributed by atoms with Gasteiger partial charge in [-0.3, -0.25) is 0 Å². The number of para-hydroxylation sites is 1. The fraction of sp³-hybridized carbons (Fsp3) is 0.647. The summed E-state index contributed by atoms with van der Waals surface area (Å²) in [5, 5.41) is 3.62.